The van der Waals surface area contributed by atoms with Gasteiger partial charge in [0.2, 0.25) is 0 Å². The Kier molecular flexibility index (Phi) is 2.64. The monoisotopic (exact) mass is 204 g/mol. The van der Waals surface area contributed by atoms with Crippen LogP contribution in [0.3, 0.4) is 0 Å². The van der Waals surface area contributed by atoms with Crippen LogP contribution in [-0.2, 0) is 0 Å². The second kappa shape index (κ2) is 3.93. The van der Waals surface area contributed by atoms with Crippen molar-refractivity contribution < 1.29 is 0 Å². The molecule has 1 saturated heterocycles. The van der Waals surface area contributed by atoms with E-state index in [2.05, 4.69) is 36.1 Å². The molecule has 0 bridgehead atoms. The molecule has 1 atom stereocenters. The summed E-state index contributed by atoms with van der Waals surface area (Å²) in [5.41, 5.74) is 0. The van der Waals surface area contributed by atoms with E-state index in [9.17, 15) is 0 Å². The molecule has 0 amide bonds. The minimum absolute atomic E-state index is 0.481. The quantitative estimate of drug-likeness (QED) is 0.614. The summed E-state index contributed by atoms with van der Waals surface area (Å²) in [4.78, 5) is 3.67. The molecular formula is C11H12N2S. The van der Waals surface area contributed by atoms with E-state index in [0.717, 1.165) is 18.0 Å². The van der Waals surface area contributed by atoms with E-state index in [-0.39, 0.29) is 0 Å². The molecule has 0 aromatic rings. The van der Waals surface area contributed by atoms with Gasteiger partial charge in [-0.1, -0.05) is 30.0 Å². The molecule has 3 heteroatoms. The highest BCUT2D eigenvalue weighted by Gasteiger charge is 2.31. The summed E-state index contributed by atoms with van der Waals surface area (Å²) in [7, 11) is 0. The molecule has 2 nitrogen and oxygen atoms in total. The lowest BCUT2D eigenvalue weighted by Gasteiger charge is -2.25. The van der Waals surface area contributed by atoms with E-state index in [1.54, 1.807) is 17.8 Å². The average molecular weight is 204 g/mol. The molecule has 0 spiro atoms. The molecule has 2 aliphatic rings. The molecule has 0 aromatic heterocycles. The third-order valence-corrected chi connectivity index (χ3v) is 3.70. The number of nitriles is 1. The molecular weight excluding hydrogens is 192 g/mol. The Morgan fingerprint density at radius 2 is 2.64 bits per heavy atom. The fraction of sp³-hybridized carbons (Fsp3) is 0.364. The van der Waals surface area contributed by atoms with Gasteiger partial charge in [0.25, 0.3) is 0 Å². The Morgan fingerprint density at radius 3 is 3.36 bits per heavy atom. The van der Waals surface area contributed by atoms with Crippen molar-refractivity contribution in [2.45, 2.75) is 19.4 Å². The lowest BCUT2D eigenvalue weighted by molar-refractivity contribution is 0.334. The third kappa shape index (κ3) is 1.46. The van der Waals surface area contributed by atoms with Crippen molar-refractivity contribution in [3.63, 3.8) is 0 Å². The maximum atomic E-state index is 8.67. The zero-order valence-electron chi connectivity index (χ0n) is 8.10. The fourth-order valence-corrected chi connectivity index (χ4v) is 3.09. The number of rotatable bonds is 1. The summed E-state index contributed by atoms with van der Waals surface area (Å²) in [5, 5.41) is 9.76. The van der Waals surface area contributed by atoms with Crippen LogP contribution in [0.4, 0.5) is 0 Å². The van der Waals surface area contributed by atoms with Crippen molar-refractivity contribution in [1.29, 1.82) is 5.26 Å². The van der Waals surface area contributed by atoms with Gasteiger partial charge in [-0.3, -0.25) is 0 Å². The molecule has 0 aromatic carbocycles. The Bertz CT molecular complexity index is 360. The molecule has 0 saturated carbocycles. The topological polar surface area (TPSA) is 27.0 Å². The second-order valence-corrected chi connectivity index (χ2v) is 4.34. The van der Waals surface area contributed by atoms with E-state index >= 15 is 0 Å². The molecule has 1 fully saturated rings. The van der Waals surface area contributed by atoms with Crippen molar-refractivity contribution in [3.8, 4) is 6.07 Å². The second-order valence-electron chi connectivity index (χ2n) is 3.25. The van der Waals surface area contributed by atoms with Crippen LogP contribution >= 0.6 is 11.8 Å². The summed E-state index contributed by atoms with van der Waals surface area (Å²) >= 11 is 1.73. The highest BCUT2D eigenvalue weighted by Crippen LogP contribution is 2.44. The number of likely N-dealkylation sites (N-methyl/N-ethyl adjacent to an activating group) is 1. The SMILES string of the molecule is CCN1C(=CC#N)SC2=CC=CCC21. The van der Waals surface area contributed by atoms with Gasteiger partial charge in [0, 0.05) is 17.5 Å². The molecule has 72 valence electrons. The van der Waals surface area contributed by atoms with Crippen LogP contribution in [0.1, 0.15) is 13.3 Å². The summed E-state index contributed by atoms with van der Waals surface area (Å²) < 4.78 is 0. The van der Waals surface area contributed by atoms with Gasteiger partial charge >= 0.3 is 0 Å². The first kappa shape index (κ1) is 9.42. The summed E-state index contributed by atoms with van der Waals surface area (Å²) in [6.45, 7) is 3.10. The van der Waals surface area contributed by atoms with Crippen molar-refractivity contribution in [2.75, 3.05) is 6.54 Å². The minimum Gasteiger partial charge on any atom is -0.358 e. The largest absolute Gasteiger partial charge is 0.358 e. The van der Waals surface area contributed by atoms with Crippen molar-refractivity contribution in [1.82, 2.24) is 4.90 Å². The number of thioether (sulfide) groups is 1. The van der Waals surface area contributed by atoms with Crippen LogP contribution < -0.4 is 0 Å². The normalized spacial score (nSPS) is 27.4. The summed E-state index contributed by atoms with van der Waals surface area (Å²) in [6, 6.07) is 2.59. The van der Waals surface area contributed by atoms with Crippen LogP contribution in [0.2, 0.25) is 0 Å². The number of hydrogen-bond donors (Lipinski definition) is 0. The van der Waals surface area contributed by atoms with Crippen LogP contribution in [0.5, 0.6) is 0 Å². The fourth-order valence-electron chi connectivity index (χ4n) is 1.86. The summed E-state index contributed by atoms with van der Waals surface area (Å²) in [6.07, 6.45) is 9.15. The predicted molar refractivity (Wildman–Crippen MR) is 59.3 cm³/mol. The van der Waals surface area contributed by atoms with Gasteiger partial charge < -0.3 is 4.90 Å². The van der Waals surface area contributed by atoms with Gasteiger partial charge in [-0.05, 0) is 13.3 Å². The van der Waals surface area contributed by atoms with Gasteiger partial charge in [0.1, 0.15) is 0 Å². The van der Waals surface area contributed by atoms with Gasteiger partial charge in [-0.15, -0.1) is 0 Å². The molecule has 1 aliphatic carbocycles. The van der Waals surface area contributed by atoms with Crippen LogP contribution in [-0.4, -0.2) is 17.5 Å². The summed E-state index contributed by atoms with van der Waals surface area (Å²) in [5.74, 6) is 0. The first-order chi connectivity index (χ1) is 6.86. The zero-order chi connectivity index (χ0) is 9.97. The maximum Gasteiger partial charge on any atom is 0.0939 e. The lowest BCUT2D eigenvalue weighted by atomic mass is 10.1. The van der Waals surface area contributed by atoms with Gasteiger partial charge in [0.05, 0.1) is 17.1 Å². The maximum absolute atomic E-state index is 8.67. The average Bonchev–Trinajstić information content (AvgIpc) is 2.55. The minimum atomic E-state index is 0.481. The molecule has 0 radical (unpaired) electrons. The van der Waals surface area contributed by atoms with E-state index in [1.165, 1.54) is 4.91 Å². The first-order valence-corrected chi connectivity index (χ1v) is 5.59. The standard InChI is InChI=1S/C11H12N2S/c1-2-13-9-5-3-4-6-10(9)14-11(13)7-8-12/h3-4,6-7,9H,2,5H2,1H3. The lowest BCUT2D eigenvalue weighted by Crippen LogP contribution is -2.29. The van der Waals surface area contributed by atoms with Crippen LogP contribution in [0, 0.1) is 11.3 Å². The zero-order valence-corrected chi connectivity index (χ0v) is 8.92. The number of allylic oxidation sites excluding steroid dienone is 3. The van der Waals surface area contributed by atoms with Crippen LogP contribution in [0.25, 0.3) is 0 Å². The Morgan fingerprint density at radius 1 is 1.79 bits per heavy atom. The predicted octanol–water partition coefficient (Wildman–Crippen LogP) is 2.63. The molecule has 1 aliphatic heterocycles. The van der Waals surface area contributed by atoms with E-state index in [1.807, 2.05) is 0 Å². The van der Waals surface area contributed by atoms with Gasteiger partial charge in [-0.2, -0.15) is 5.26 Å². The molecule has 1 unspecified atom stereocenters. The highest BCUT2D eigenvalue weighted by atomic mass is 32.2. The van der Waals surface area contributed by atoms with E-state index in [4.69, 9.17) is 5.26 Å². The number of nitrogens with zero attached hydrogens (tertiary/aromatic N) is 2. The molecule has 1 heterocycles. The third-order valence-electron chi connectivity index (χ3n) is 2.49. The molecule has 14 heavy (non-hydrogen) atoms. The van der Waals surface area contributed by atoms with Crippen LogP contribution in [0.15, 0.2) is 34.2 Å². The van der Waals surface area contributed by atoms with Crippen molar-refractivity contribution in [3.05, 3.63) is 34.2 Å². The van der Waals surface area contributed by atoms with E-state index < -0.39 is 0 Å². The van der Waals surface area contributed by atoms with E-state index in [0.29, 0.717) is 6.04 Å². The highest BCUT2D eigenvalue weighted by molar-refractivity contribution is 8.07. The van der Waals surface area contributed by atoms with Crippen molar-refractivity contribution >= 4 is 11.8 Å². The molecule has 0 N–H and O–H groups in total. The van der Waals surface area contributed by atoms with Gasteiger partial charge in [0.15, 0.2) is 0 Å². The van der Waals surface area contributed by atoms with Gasteiger partial charge in [-0.25, -0.2) is 0 Å². The molecule has 2 rings (SSSR count). The smallest absolute Gasteiger partial charge is 0.0939 e. The Balaban J connectivity index is 2.29. The number of hydrogen-bond acceptors (Lipinski definition) is 3. The van der Waals surface area contributed by atoms with Crippen molar-refractivity contribution in [2.24, 2.45) is 0 Å². The number of fused-ring (bicyclic) bond motifs is 1. The Hall–Kier alpha value is -1.14. The first-order valence-electron chi connectivity index (χ1n) is 4.77. The Labute approximate surface area is 88.6 Å².